The van der Waals surface area contributed by atoms with Gasteiger partial charge in [-0.1, -0.05) is 35.9 Å². The number of aryl methyl sites for hydroxylation is 1. The van der Waals surface area contributed by atoms with Gasteiger partial charge >= 0.3 is 0 Å². The first kappa shape index (κ1) is 16.4. The van der Waals surface area contributed by atoms with E-state index >= 15 is 0 Å². The Labute approximate surface area is 153 Å². The molecular weight excluding hydrogens is 332 g/mol. The van der Waals surface area contributed by atoms with Gasteiger partial charge in [0.05, 0.1) is 12.7 Å². The zero-order chi connectivity index (χ0) is 17.6. The Balaban J connectivity index is 1.86. The van der Waals surface area contributed by atoms with Crippen LogP contribution in [0, 0.1) is 18.8 Å². The maximum atomic E-state index is 13.0. The number of hydrogen-bond donors (Lipinski definition) is 0. The van der Waals surface area contributed by atoms with Crippen LogP contribution in [0.15, 0.2) is 48.2 Å². The molecule has 2 aliphatic rings. The van der Waals surface area contributed by atoms with Crippen molar-refractivity contribution in [1.82, 2.24) is 0 Å². The van der Waals surface area contributed by atoms with Crippen LogP contribution in [0.5, 0.6) is 0 Å². The van der Waals surface area contributed by atoms with Gasteiger partial charge in [-0.25, -0.2) is 0 Å². The molecule has 1 saturated carbocycles. The van der Waals surface area contributed by atoms with Crippen LogP contribution in [0.3, 0.4) is 0 Å². The first-order chi connectivity index (χ1) is 12.1. The molecule has 4 rings (SSSR count). The summed E-state index contributed by atoms with van der Waals surface area (Å²) >= 11 is 6.00. The Kier molecular flexibility index (Phi) is 4.16. The van der Waals surface area contributed by atoms with E-state index in [1.54, 1.807) is 7.11 Å². The van der Waals surface area contributed by atoms with Crippen LogP contribution in [0.25, 0.3) is 16.7 Å². The van der Waals surface area contributed by atoms with Gasteiger partial charge in [0.15, 0.2) is 5.78 Å². The van der Waals surface area contributed by atoms with E-state index in [9.17, 15) is 4.79 Å². The lowest BCUT2D eigenvalue weighted by Crippen LogP contribution is -2.22. The Hall–Kier alpha value is -2.06. The lowest BCUT2D eigenvalue weighted by atomic mass is 9.81. The van der Waals surface area contributed by atoms with E-state index in [0.29, 0.717) is 5.92 Å². The fourth-order valence-electron chi connectivity index (χ4n) is 4.23. The number of hydrogen-bond acceptors (Lipinski definition) is 2. The molecule has 0 heterocycles. The molecule has 2 bridgehead atoms. The molecule has 3 heteroatoms. The highest BCUT2D eigenvalue weighted by molar-refractivity contribution is 6.30. The van der Waals surface area contributed by atoms with Gasteiger partial charge in [-0.2, -0.15) is 0 Å². The summed E-state index contributed by atoms with van der Waals surface area (Å²) in [5.41, 5.74) is 5.10. The lowest BCUT2D eigenvalue weighted by molar-refractivity contribution is -0.117. The van der Waals surface area contributed by atoms with Crippen LogP contribution in [0.4, 0.5) is 0 Å². The topological polar surface area (TPSA) is 26.3 Å². The predicted molar refractivity (Wildman–Crippen MR) is 101 cm³/mol. The third-order valence-electron chi connectivity index (χ3n) is 5.57. The summed E-state index contributed by atoms with van der Waals surface area (Å²) in [7, 11) is 1.69. The fraction of sp³-hybridized carbons (Fsp3) is 0.318. The van der Waals surface area contributed by atoms with Gasteiger partial charge in [0, 0.05) is 16.9 Å². The number of Topliss-reactive ketones (excluding diaryl/α,β-unsaturated/α-hetero) is 1. The molecule has 2 unspecified atom stereocenters. The van der Waals surface area contributed by atoms with E-state index in [-0.39, 0.29) is 11.7 Å². The quantitative estimate of drug-likeness (QED) is 0.711. The predicted octanol–water partition coefficient (Wildman–Crippen LogP) is 5.67. The van der Waals surface area contributed by atoms with E-state index in [1.165, 1.54) is 0 Å². The number of halogens is 1. The highest BCUT2D eigenvalue weighted by atomic mass is 35.5. The highest BCUT2D eigenvalue weighted by Gasteiger charge is 2.42. The van der Waals surface area contributed by atoms with Crippen molar-refractivity contribution in [3.63, 3.8) is 0 Å². The Morgan fingerprint density at radius 1 is 1.00 bits per heavy atom. The lowest BCUT2D eigenvalue weighted by Gasteiger charge is -2.25. The fourth-order valence-corrected chi connectivity index (χ4v) is 4.36. The van der Waals surface area contributed by atoms with Crippen molar-refractivity contribution >= 4 is 23.0 Å². The molecule has 0 spiro atoms. The van der Waals surface area contributed by atoms with E-state index in [1.807, 2.05) is 24.3 Å². The number of benzene rings is 2. The smallest absolute Gasteiger partial charge is 0.169 e. The second-order valence-electron chi connectivity index (χ2n) is 7.05. The molecule has 2 atom stereocenters. The molecule has 25 heavy (non-hydrogen) atoms. The number of allylic oxidation sites excluding steroid dienone is 2. The molecule has 0 aromatic heterocycles. The van der Waals surface area contributed by atoms with Gasteiger partial charge in [0.25, 0.3) is 0 Å². The van der Waals surface area contributed by atoms with Crippen molar-refractivity contribution in [2.75, 3.05) is 7.11 Å². The van der Waals surface area contributed by atoms with Crippen LogP contribution >= 0.6 is 11.6 Å². The van der Waals surface area contributed by atoms with Crippen LogP contribution in [0.1, 0.15) is 30.4 Å². The van der Waals surface area contributed by atoms with Crippen molar-refractivity contribution in [3.05, 3.63) is 64.4 Å². The highest BCUT2D eigenvalue weighted by Crippen LogP contribution is 2.47. The molecule has 0 aliphatic heterocycles. The summed E-state index contributed by atoms with van der Waals surface area (Å²) < 4.78 is 5.72. The van der Waals surface area contributed by atoms with E-state index in [4.69, 9.17) is 16.3 Å². The summed E-state index contributed by atoms with van der Waals surface area (Å²) in [6, 6.07) is 14.1. The third-order valence-corrected chi connectivity index (χ3v) is 5.82. The summed E-state index contributed by atoms with van der Waals surface area (Å²) in [5, 5.41) is 0.722. The molecule has 2 aromatic rings. The second kappa shape index (κ2) is 6.34. The number of ketones is 1. The molecule has 0 saturated heterocycles. The Morgan fingerprint density at radius 3 is 2.40 bits per heavy atom. The minimum atomic E-state index is 0.164. The van der Waals surface area contributed by atoms with Crippen molar-refractivity contribution in [2.24, 2.45) is 11.8 Å². The van der Waals surface area contributed by atoms with Gasteiger partial charge in [0.1, 0.15) is 5.76 Å². The molecule has 128 valence electrons. The summed E-state index contributed by atoms with van der Waals surface area (Å²) in [5.74, 6) is 1.69. The number of rotatable bonds is 3. The van der Waals surface area contributed by atoms with Crippen LogP contribution < -0.4 is 0 Å². The van der Waals surface area contributed by atoms with E-state index in [0.717, 1.165) is 57.9 Å². The Bertz CT molecular complexity index is 864. The van der Waals surface area contributed by atoms with Crippen LogP contribution in [0.2, 0.25) is 5.02 Å². The minimum Gasteiger partial charge on any atom is -0.500 e. The average molecular weight is 353 g/mol. The number of carbonyl (C=O) groups is 1. The molecular formula is C22H21ClO2. The van der Waals surface area contributed by atoms with Gasteiger partial charge in [-0.3, -0.25) is 4.79 Å². The van der Waals surface area contributed by atoms with Crippen molar-refractivity contribution in [2.45, 2.75) is 26.2 Å². The Morgan fingerprint density at radius 2 is 1.68 bits per heavy atom. The number of carbonyl (C=O) groups excluding carboxylic acids is 1. The van der Waals surface area contributed by atoms with Crippen molar-refractivity contribution < 1.29 is 9.53 Å². The van der Waals surface area contributed by atoms with Gasteiger partial charge in [0.2, 0.25) is 0 Å². The molecule has 1 fully saturated rings. The SMILES string of the molecule is COC1=C(c2cc(-c3ccc(Cl)cc3)ccc2C)C(=O)C2CCC1C2. The molecule has 0 amide bonds. The molecule has 2 aromatic carbocycles. The summed E-state index contributed by atoms with van der Waals surface area (Å²) in [4.78, 5) is 13.0. The maximum absolute atomic E-state index is 13.0. The largest absolute Gasteiger partial charge is 0.500 e. The molecule has 0 radical (unpaired) electrons. The molecule has 2 aliphatic carbocycles. The average Bonchev–Trinajstić information content (AvgIpc) is 3.06. The maximum Gasteiger partial charge on any atom is 0.169 e. The number of ether oxygens (including phenoxy) is 1. The monoisotopic (exact) mass is 352 g/mol. The molecule has 0 N–H and O–H groups in total. The van der Waals surface area contributed by atoms with Crippen molar-refractivity contribution in [1.29, 1.82) is 0 Å². The van der Waals surface area contributed by atoms with Gasteiger partial charge in [-0.15, -0.1) is 0 Å². The summed E-state index contributed by atoms with van der Waals surface area (Å²) in [6.45, 7) is 2.06. The zero-order valence-corrected chi connectivity index (χ0v) is 15.3. The van der Waals surface area contributed by atoms with Gasteiger partial charge < -0.3 is 4.74 Å². The standard InChI is InChI=1S/C22H21ClO2/c1-13-3-4-15(14-7-9-18(23)10-8-14)12-19(13)20-21(24)16-5-6-17(11-16)22(20)25-2/h3-4,7-10,12,16-17H,5-6,11H2,1-2H3. The van der Waals surface area contributed by atoms with Crippen LogP contribution in [-0.2, 0) is 9.53 Å². The van der Waals surface area contributed by atoms with E-state index in [2.05, 4.69) is 25.1 Å². The van der Waals surface area contributed by atoms with Crippen molar-refractivity contribution in [3.8, 4) is 11.1 Å². The minimum absolute atomic E-state index is 0.164. The van der Waals surface area contributed by atoms with E-state index < -0.39 is 0 Å². The normalized spacial score (nSPS) is 22.4. The summed E-state index contributed by atoms with van der Waals surface area (Å²) in [6.07, 6.45) is 2.98. The van der Waals surface area contributed by atoms with Crippen LogP contribution in [-0.4, -0.2) is 12.9 Å². The first-order valence-corrected chi connectivity index (χ1v) is 9.15. The third kappa shape index (κ3) is 2.79. The van der Waals surface area contributed by atoms with Gasteiger partial charge in [-0.05, 0) is 66.6 Å². The second-order valence-corrected chi connectivity index (χ2v) is 7.49. The number of methoxy groups -OCH3 is 1. The molecule has 2 nitrogen and oxygen atoms in total. The number of fused-ring (bicyclic) bond motifs is 2. The first-order valence-electron chi connectivity index (χ1n) is 8.78. The zero-order valence-electron chi connectivity index (χ0n) is 14.5.